The maximum atomic E-state index is 10.6. The van der Waals surface area contributed by atoms with Crippen LogP contribution < -0.4 is 4.74 Å². The molecular formula is C21H33NO3. The van der Waals surface area contributed by atoms with Gasteiger partial charge in [0.25, 0.3) is 0 Å². The standard InChI is InChI=1S/C21H33NO3/c1-15-4-5-18-20(2,10-6-19(24)21(18,3)14-23)17(15)9-13-25-16-7-11-22-12-8-16/h7-8,11-12,15,17-19,23-24H,4-6,9-10,13-14H2,1-3H3/t15?,17-,18?,19-,20?,21+/m1/s1. The molecule has 0 aliphatic heterocycles. The smallest absolute Gasteiger partial charge is 0.122 e. The fourth-order valence-electron chi connectivity index (χ4n) is 5.89. The van der Waals surface area contributed by atoms with Crippen molar-refractivity contribution in [1.82, 2.24) is 4.98 Å². The second kappa shape index (κ2) is 7.24. The molecule has 0 amide bonds. The molecule has 0 spiro atoms. The Morgan fingerprint density at radius 2 is 1.92 bits per heavy atom. The van der Waals surface area contributed by atoms with Crippen LogP contribution in [-0.2, 0) is 0 Å². The van der Waals surface area contributed by atoms with Gasteiger partial charge in [-0.1, -0.05) is 27.2 Å². The van der Waals surface area contributed by atoms with E-state index in [-0.39, 0.29) is 17.4 Å². The number of pyridine rings is 1. The van der Waals surface area contributed by atoms with Gasteiger partial charge in [-0.25, -0.2) is 0 Å². The summed E-state index contributed by atoms with van der Waals surface area (Å²) in [5, 5.41) is 20.6. The Labute approximate surface area is 151 Å². The molecule has 4 heteroatoms. The lowest BCUT2D eigenvalue weighted by molar-refractivity contribution is -0.173. The molecule has 4 nitrogen and oxygen atoms in total. The van der Waals surface area contributed by atoms with E-state index in [0.717, 1.165) is 31.4 Å². The molecule has 0 radical (unpaired) electrons. The van der Waals surface area contributed by atoms with Crippen LogP contribution in [0.4, 0.5) is 0 Å². The van der Waals surface area contributed by atoms with E-state index < -0.39 is 6.10 Å². The van der Waals surface area contributed by atoms with E-state index in [9.17, 15) is 10.2 Å². The molecule has 1 aromatic heterocycles. The van der Waals surface area contributed by atoms with Crippen LogP contribution in [0.5, 0.6) is 5.75 Å². The van der Waals surface area contributed by atoms with Gasteiger partial charge in [0.05, 0.1) is 19.3 Å². The predicted molar refractivity (Wildman–Crippen MR) is 98.3 cm³/mol. The first-order chi connectivity index (χ1) is 11.9. The van der Waals surface area contributed by atoms with Crippen LogP contribution in [0.2, 0.25) is 0 Å². The van der Waals surface area contributed by atoms with Gasteiger partial charge in [0.15, 0.2) is 0 Å². The van der Waals surface area contributed by atoms with Crippen molar-refractivity contribution >= 4 is 0 Å². The Bertz CT molecular complexity index is 566. The molecule has 2 aliphatic carbocycles. The summed E-state index contributed by atoms with van der Waals surface area (Å²) in [7, 11) is 0. The Morgan fingerprint density at radius 1 is 1.20 bits per heavy atom. The normalized spacial score (nSPS) is 41.2. The summed E-state index contributed by atoms with van der Waals surface area (Å²) in [5.41, 5.74) is -0.215. The van der Waals surface area contributed by atoms with Crippen LogP contribution in [0.3, 0.4) is 0 Å². The van der Waals surface area contributed by atoms with E-state index in [1.807, 2.05) is 12.1 Å². The fourth-order valence-corrected chi connectivity index (χ4v) is 5.89. The number of rotatable bonds is 5. The first-order valence-corrected chi connectivity index (χ1v) is 9.73. The average molecular weight is 347 g/mol. The third kappa shape index (κ3) is 3.31. The van der Waals surface area contributed by atoms with Gasteiger partial charge in [0, 0.05) is 17.8 Å². The van der Waals surface area contributed by atoms with Crippen molar-refractivity contribution in [2.24, 2.45) is 28.6 Å². The zero-order valence-electron chi connectivity index (χ0n) is 15.8. The van der Waals surface area contributed by atoms with Crippen molar-refractivity contribution in [2.75, 3.05) is 13.2 Å². The quantitative estimate of drug-likeness (QED) is 0.853. The van der Waals surface area contributed by atoms with Crippen LogP contribution in [0, 0.1) is 28.6 Å². The van der Waals surface area contributed by atoms with E-state index in [1.54, 1.807) is 12.4 Å². The van der Waals surface area contributed by atoms with E-state index in [0.29, 0.717) is 24.4 Å². The topological polar surface area (TPSA) is 62.6 Å². The Kier molecular flexibility index (Phi) is 5.40. The first kappa shape index (κ1) is 18.7. The first-order valence-electron chi connectivity index (χ1n) is 9.73. The molecule has 2 saturated carbocycles. The number of fused-ring (bicyclic) bond motifs is 1. The fraction of sp³-hybridized carbons (Fsp3) is 0.762. The second-order valence-corrected chi connectivity index (χ2v) is 8.76. The molecule has 2 aliphatic rings. The number of aliphatic hydroxyl groups excluding tert-OH is 2. The van der Waals surface area contributed by atoms with Crippen LogP contribution in [-0.4, -0.2) is 34.5 Å². The molecule has 1 aromatic rings. The zero-order valence-corrected chi connectivity index (χ0v) is 15.8. The minimum Gasteiger partial charge on any atom is -0.493 e. The van der Waals surface area contributed by atoms with E-state index in [1.165, 1.54) is 6.42 Å². The van der Waals surface area contributed by atoms with E-state index >= 15 is 0 Å². The van der Waals surface area contributed by atoms with E-state index in [2.05, 4.69) is 25.8 Å². The summed E-state index contributed by atoms with van der Waals surface area (Å²) in [6.07, 6.45) is 8.25. The van der Waals surface area contributed by atoms with Gasteiger partial charge in [-0.05, 0) is 61.0 Å². The molecular weight excluding hydrogens is 314 g/mol. The van der Waals surface area contributed by atoms with Gasteiger partial charge >= 0.3 is 0 Å². The molecule has 3 unspecified atom stereocenters. The molecule has 0 saturated heterocycles. The van der Waals surface area contributed by atoms with Gasteiger partial charge in [-0.3, -0.25) is 4.98 Å². The summed E-state index contributed by atoms with van der Waals surface area (Å²) in [6, 6.07) is 3.79. The molecule has 1 heterocycles. The number of hydrogen-bond donors (Lipinski definition) is 2. The number of ether oxygens (including phenoxy) is 1. The number of aromatic nitrogens is 1. The SMILES string of the molecule is CC1CCC2C(C)(CC[C@@H](O)[C@@]2(C)CO)[C@@H]1CCOc1ccncc1. The third-order valence-electron chi connectivity index (χ3n) is 7.44. The van der Waals surface area contributed by atoms with Gasteiger partial charge in [-0.2, -0.15) is 0 Å². The van der Waals surface area contributed by atoms with Crippen molar-refractivity contribution in [2.45, 2.75) is 59.0 Å². The summed E-state index contributed by atoms with van der Waals surface area (Å²) >= 11 is 0. The number of nitrogens with zero attached hydrogens (tertiary/aromatic N) is 1. The molecule has 2 fully saturated rings. The summed E-state index contributed by atoms with van der Waals surface area (Å²) in [5.74, 6) is 2.46. The Hall–Kier alpha value is -1.13. The highest BCUT2D eigenvalue weighted by Gasteiger charge is 2.57. The largest absolute Gasteiger partial charge is 0.493 e. The van der Waals surface area contributed by atoms with Crippen LogP contribution in [0.15, 0.2) is 24.5 Å². The highest BCUT2D eigenvalue weighted by Crippen LogP contribution is 2.61. The molecule has 6 atom stereocenters. The third-order valence-corrected chi connectivity index (χ3v) is 7.44. The van der Waals surface area contributed by atoms with Gasteiger partial charge in [0.1, 0.15) is 5.75 Å². The van der Waals surface area contributed by atoms with Gasteiger partial charge in [0.2, 0.25) is 0 Å². The average Bonchev–Trinajstić information content (AvgIpc) is 2.62. The number of aliphatic hydroxyl groups is 2. The highest BCUT2D eigenvalue weighted by atomic mass is 16.5. The maximum absolute atomic E-state index is 10.6. The van der Waals surface area contributed by atoms with Crippen LogP contribution in [0.1, 0.15) is 52.9 Å². The van der Waals surface area contributed by atoms with Crippen molar-refractivity contribution in [1.29, 1.82) is 0 Å². The summed E-state index contributed by atoms with van der Waals surface area (Å²) < 4.78 is 5.94. The predicted octanol–water partition coefficient (Wildman–Crippen LogP) is 3.67. The lowest BCUT2D eigenvalue weighted by Gasteiger charge is -2.61. The van der Waals surface area contributed by atoms with Crippen molar-refractivity contribution in [3.8, 4) is 5.75 Å². The second-order valence-electron chi connectivity index (χ2n) is 8.76. The van der Waals surface area contributed by atoms with Crippen molar-refractivity contribution in [3.05, 3.63) is 24.5 Å². The minimum atomic E-state index is -0.391. The molecule has 2 N–H and O–H groups in total. The molecule has 0 bridgehead atoms. The summed E-state index contributed by atoms with van der Waals surface area (Å²) in [4.78, 5) is 4.03. The molecule has 140 valence electrons. The molecule has 3 rings (SSSR count). The summed E-state index contributed by atoms with van der Waals surface area (Å²) in [6.45, 7) is 7.62. The Balaban J connectivity index is 1.73. The highest BCUT2D eigenvalue weighted by molar-refractivity contribution is 5.16. The maximum Gasteiger partial charge on any atom is 0.122 e. The van der Waals surface area contributed by atoms with Crippen molar-refractivity contribution in [3.63, 3.8) is 0 Å². The Morgan fingerprint density at radius 3 is 2.60 bits per heavy atom. The van der Waals surface area contributed by atoms with Crippen molar-refractivity contribution < 1.29 is 14.9 Å². The van der Waals surface area contributed by atoms with Crippen LogP contribution in [0.25, 0.3) is 0 Å². The molecule has 25 heavy (non-hydrogen) atoms. The molecule has 0 aromatic carbocycles. The van der Waals surface area contributed by atoms with E-state index in [4.69, 9.17) is 4.74 Å². The van der Waals surface area contributed by atoms with Gasteiger partial charge < -0.3 is 14.9 Å². The lowest BCUT2D eigenvalue weighted by atomic mass is 9.45. The minimum absolute atomic E-state index is 0.0725. The monoisotopic (exact) mass is 347 g/mol. The van der Waals surface area contributed by atoms with Crippen LogP contribution >= 0.6 is 0 Å². The zero-order chi connectivity index (χ0) is 18.1. The lowest BCUT2D eigenvalue weighted by Crippen LogP contribution is -2.58. The van der Waals surface area contributed by atoms with Gasteiger partial charge in [-0.15, -0.1) is 0 Å². The number of hydrogen-bond acceptors (Lipinski definition) is 4.